The lowest BCUT2D eigenvalue weighted by atomic mass is 10.1. The number of carbonyl (C=O) groups is 3. The number of carbonyl (C=O) groups excluding carboxylic acids is 3. The summed E-state index contributed by atoms with van der Waals surface area (Å²) in [5.74, 6) is 0.00842. The molecule has 3 rings (SSSR count). The molecule has 1 atom stereocenters. The molecular formula is C15H16N6O4. The molecular weight excluding hydrogens is 328 g/mol. The minimum absolute atomic E-state index is 0.107. The van der Waals surface area contributed by atoms with Crippen LogP contribution in [0, 0.1) is 0 Å². The molecule has 0 unspecified atom stereocenters. The fourth-order valence-corrected chi connectivity index (χ4v) is 2.33. The average molecular weight is 344 g/mol. The fraction of sp³-hybridized carbons (Fsp3) is 0.333. The molecule has 0 aliphatic carbocycles. The van der Waals surface area contributed by atoms with Crippen LogP contribution in [0.2, 0.25) is 0 Å². The first-order chi connectivity index (χ1) is 12.0. The van der Waals surface area contributed by atoms with Gasteiger partial charge in [-0.1, -0.05) is 11.2 Å². The molecule has 1 aliphatic rings. The van der Waals surface area contributed by atoms with Crippen molar-refractivity contribution in [1.82, 2.24) is 30.7 Å². The molecule has 3 heterocycles. The van der Waals surface area contributed by atoms with Gasteiger partial charge in [-0.3, -0.25) is 19.9 Å². The van der Waals surface area contributed by atoms with E-state index >= 15 is 0 Å². The highest BCUT2D eigenvalue weighted by atomic mass is 16.5. The zero-order valence-corrected chi connectivity index (χ0v) is 13.4. The molecule has 0 radical (unpaired) electrons. The second kappa shape index (κ2) is 7.07. The number of imide groups is 1. The number of rotatable bonds is 6. The van der Waals surface area contributed by atoms with Crippen LogP contribution < -0.4 is 10.6 Å². The number of hydrogen-bond donors (Lipinski definition) is 2. The van der Waals surface area contributed by atoms with E-state index in [1.165, 1.54) is 4.90 Å². The number of nitrogens with zero attached hydrogens (tertiary/aromatic N) is 4. The van der Waals surface area contributed by atoms with Gasteiger partial charge in [0.2, 0.25) is 17.6 Å². The van der Waals surface area contributed by atoms with Gasteiger partial charge in [0.15, 0.2) is 0 Å². The van der Waals surface area contributed by atoms with Gasteiger partial charge in [-0.2, -0.15) is 4.98 Å². The Morgan fingerprint density at radius 2 is 2.20 bits per heavy atom. The first-order valence-electron chi connectivity index (χ1n) is 7.62. The maximum absolute atomic E-state index is 12.1. The molecule has 2 aromatic heterocycles. The second-order valence-corrected chi connectivity index (χ2v) is 5.53. The zero-order valence-electron chi connectivity index (χ0n) is 13.4. The second-order valence-electron chi connectivity index (χ2n) is 5.53. The lowest BCUT2D eigenvalue weighted by Crippen LogP contribution is -2.32. The third kappa shape index (κ3) is 3.97. The number of hydrogen-bond acceptors (Lipinski definition) is 7. The molecule has 130 valence electrons. The van der Waals surface area contributed by atoms with Gasteiger partial charge in [-0.15, -0.1) is 0 Å². The van der Waals surface area contributed by atoms with Crippen molar-refractivity contribution in [3.63, 3.8) is 0 Å². The van der Waals surface area contributed by atoms with E-state index < -0.39 is 18.0 Å². The van der Waals surface area contributed by atoms with E-state index in [-0.39, 0.29) is 31.2 Å². The van der Waals surface area contributed by atoms with E-state index in [2.05, 4.69) is 25.8 Å². The van der Waals surface area contributed by atoms with Crippen LogP contribution in [-0.2, 0) is 16.1 Å². The molecule has 1 saturated heterocycles. The van der Waals surface area contributed by atoms with Crippen LogP contribution in [-0.4, -0.2) is 51.0 Å². The van der Waals surface area contributed by atoms with Crippen LogP contribution >= 0.6 is 0 Å². The van der Waals surface area contributed by atoms with Crippen LogP contribution in [0.4, 0.5) is 4.79 Å². The van der Waals surface area contributed by atoms with Gasteiger partial charge in [0.1, 0.15) is 11.7 Å². The summed E-state index contributed by atoms with van der Waals surface area (Å²) in [6.07, 6.45) is 1.96. The van der Waals surface area contributed by atoms with Crippen LogP contribution in [0.5, 0.6) is 0 Å². The van der Waals surface area contributed by atoms with Crippen molar-refractivity contribution in [2.75, 3.05) is 7.05 Å². The SMILES string of the molecule is CN(Cc1nc(-c2ccccn2)no1)C(=O)CC[C@@H]1NC(=O)NC1=O. The average Bonchev–Trinajstić information content (AvgIpc) is 3.19. The van der Waals surface area contributed by atoms with Crippen LogP contribution in [0.3, 0.4) is 0 Å². The minimum Gasteiger partial charge on any atom is -0.337 e. The molecule has 10 heteroatoms. The third-order valence-electron chi connectivity index (χ3n) is 3.67. The van der Waals surface area contributed by atoms with E-state index in [0.29, 0.717) is 11.5 Å². The normalized spacial score (nSPS) is 16.4. The molecule has 1 aliphatic heterocycles. The van der Waals surface area contributed by atoms with Crippen molar-refractivity contribution in [1.29, 1.82) is 0 Å². The Kier molecular flexibility index (Phi) is 4.68. The largest absolute Gasteiger partial charge is 0.337 e. The maximum Gasteiger partial charge on any atom is 0.322 e. The minimum atomic E-state index is -0.677. The summed E-state index contributed by atoms with van der Waals surface area (Å²) in [5, 5.41) is 8.41. The fourth-order valence-electron chi connectivity index (χ4n) is 2.33. The van der Waals surface area contributed by atoms with Crippen LogP contribution in [0.15, 0.2) is 28.9 Å². The van der Waals surface area contributed by atoms with Gasteiger partial charge >= 0.3 is 6.03 Å². The summed E-state index contributed by atoms with van der Waals surface area (Å²) in [6, 6.07) is 4.13. The number of urea groups is 1. The van der Waals surface area contributed by atoms with E-state index in [9.17, 15) is 14.4 Å². The Bertz CT molecular complexity index is 790. The monoisotopic (exact) mass is 344 g/mol. The molecule has 2 N–H and O–H groups in total. The van der Waals surface area contributed by atoms with Gasteiger partial charge in [-0.05, 0) is 18.6 Å². The summed E-state index contributed by atoms with van der Waals surface area (Å²) >= 11 is 0. The molecule has 0 saturated carbocycles. The van der Waals surface area contributed by atoms with Crippen molar-refractivity contribution in [2.24, 2.45) is 0 Å². The molecule has 10 nitrogen and oxygen atoms in total. The molecule has 4 amide bonds. The first-order valence-corrected chi connectivity index (χ1v) is 7.62. The topological polar surface area (TPSA) is 130 Å². The molecule has 0 aromatic carbocycles. The van der Waals surface area contributed by atoms with E-state index in [0.717, 1.165) is 0 Å². The van der Waals surface area contributed by atoms with E-state index in [4.69, 9.17) is 4.52 Å². The summed E-state index contributed by atoms with van der Waals surface area (Å²) in [6.45, 7) is 0.141. The number of pyridine rings is 1. The van der Waals surface area contributed by atoms with Crippen molar-refractivity contribution in [2.45, 2.75) is 25.4 Å². The van der Waals surface area contributed by atoms with Crippen LogP contribution in [0.25, 0.3) is 11.5 Å². The lowest BCUT2D eigenvalue weighted by Gasteiger charge is -2.15. The van der Waals surface area contributed by atoms with Gasteiger partial charge in [-0.25, -0.2) is 4.79 Å². The predicted octanol–water partition coefficient (Wildman–Crippen LogP) is 0.0782. The maximum atomic E-state index is 12.1. The lowest BCUT2D eigenvalue weighted by molar-refractivity contribution is -0.131. The summed E-state index contributed by atoms with van der Waals surface area (Å²) in [7, 11) is 1.60. The highest BCUT2D eigenvalue weighted by Crippen LogP contribution is 2.13. The summed E-state index contributed by atoms with van der Waals surface area (Å²) in [5.41, 5.74) is 0.578. The Labute approximate surface area is 142 Å². The van der Waals surface area contributed by atoms with E-state index in [1.54, 1.807) is 25.4 Å². The quantitative estimate of drug-likeness (QED) is 0.709. The Hall–Kier alpha value is -3.30. The van der Waals surface area contributed by atoms with Crippen molar-refractivity contribution >= 4 is 17.8 Å². The Morgan fingerprint density at radius 3 is 2.88 bits per heavy atom. The molecule has 1 fully saturated rings. The molecule has 25 heavy (non-hydrogen) atoms. The van der Waals surface area contributed by atoms with Gasteiger partial charge < -0.3 is 14.7 Å². The van der Waals surface area contributed by atoms with Crippen molar-refractivity contribution in [3.05, 3.63) is 30.3 Å². The summed E-state index contributed by atoms with van der Waals surface area (Å²) < 4.78 is 5.13. The Morgan fingerprint density at radius 1 is 1.36 bits per heavy atom. The summed E-state index contributed by atoms with van der Waals surface area (Å²) in [4.78, 5) is 44.4. The highest BCUT2D eigenvalue weighted by molar-refractivity contribution is 6.04. The van der Waals surface area contributed by atoms with Gasteiger partial charge in [0.25, 0.3) is 5.91 Å². The number of amides is 4. The molecule has 0 spiro atoms. The van der Waals surface area contributed by atoms with Gasteiger partial charge in [0.05, 0.1) is 6.54 Å². The number of aromatic nitrogens is 3. The first kappa shape index (κ1) is 16.6. The molecule has 0 bridgehead atoms. The van der Waals surface area contributed by atoms with Crippen molar-refractivity contribution in [3.8, 4) is 11.5 Å². The van der Waals surface area contributed by atoms with Crippen molar-refractivity contribution < 1.29 is 18.9 Å². The number of nitrogens with one attached hydrogen (secondary N) is 2. The smallest absolute Gasteiger partial charge is 0.322 e. The van der Waals surface area contributed by atoms with E-state index in [1.807, 2.05) is 6.07 Å². The Balaban J connectivity index is 1.52. The predicted molar refractivity (Wildman–Crippen MR) is 83.7 cm³/mol. The highest BCUT2D eigenvalue weighted by Gasteiger charge is 2.30. The standard InChI is InChI=1S/C15H16N6O4/c1-21(12(22)6-5-10-14(23)19-15(24)17-10)8-11-18-13(20-25-11)9-4-2-3-7-16-9/h2-4,7,10H,5-6,8H2,1H3,(H2,17,19,23,24)/t10-/m0/s1. The van der Waals surface area contributed by atoms with Crippen LogP contribution in [0.1, 0.15) is 18.7 Å². The molecule has 2 aromatic rings. The zero-order chi connectivity index (χ0) is 17.8. The van der Waals surface area contributed by atoms with Gasteiger partial charge in [0, 0.05) is 19.7 Å². The third-order valence-corrected chi connectivity index (χ3v) is 3.67.